The smallest absolute Gasteiger partial charge is 0.337 e. The van der Waals surface area contributed by atoms with Crippen LogP contribution in [-0.4, -0.2) is 48.3 Å². The first-order valence-corrected chi connectivity index (χ1v) is 11.3. The van der Waals surface area contributed by atoms with Crippen LogP contribution in [0.25, 0.3) is 22.3 Å². The van der Waals surface area contributed by atoms with Gasteiger partial charge in [0, 0.05) is 0 Å². The first-order chi connectivity index (χ1) is 18.2. The van der Waals surface area contributed by atoms with E-state index in [9.17, 15) is 19.2 Å². The number of rotatable bonds is 6. The minimum absolute atomic E-state index is 0.202. The Bertz CT molecular complexity index is 1450. The van der Waals surface area contributed by atoms with Crippen molar-refractivity contribution >= 4 is 23.9 Å². The van der Waals surface area contributed by atoms with Gasteiger partial charge in [-0.15, -0.1) is 0 Å². The maximum absolute atomic E-state index is 11.5. The summed E-state index contributed by atoms with van der Waals surface area (Å²) in [6, 6.07) is 26.9. The van der Waals surface area contributed by atoms with E-state index in [1.807, 2.05) is 18.2 Å². The number of methoxy groups -OCH3 is 2. The Morgan fingerprint density at radius 1 is 0.474 bits per heavy atom. The van der Waals surface area contributed by atoms with E-state index in [1.54, 1.807) is 60.7 Å². The molecular formula is C30H24O8. The van der Waals surface area contributed by atoms with Gasteiger partial charge in [-0.3, -0.25) is 0 Å². The maximum atomic E-state index is 11.5. The lowest BCUT2D eigenvalue weighted by Gasteiger charge is -2.05. The Balaban J connectivity index is 0.000000212. The van der Waals surface area contributed by atoms with Crippen LogP contribution in [0.15, 0.2) is 97.1 Å². The highest BCUT2D eigenvalue weighted by molar-refractivity contribution is 5.92. The van der Waals surface area contributed by atoms with Gasteiger partial charge in [-0.05, 0) is 70.8 Å². The molecule has 8 nitrogen and oxygen atoms in total. The van der Waals surface area contributed by atoms with Gasteiger partial charge in [0.05, 0.1) is 36.5 Å². The summed E-state index contributed by atoms with van der Waals surface area (Å²) in [4.78, 5) is 44.4. The molecule has 0 atom stereocenters. The van der Waals surface area contributed by atoms with E-state index in [0.29, 0.717) is 11.1 Å². The number of carboxylic acids is 2. The molecule has 4 aromatic carbocycles. The van der Waals surface area contributed by atoms with E-state index in [-0.39, 0.29) is 23.1 Å². The lowest BCUT2D eigenvalue weighted by Crippen LogP contribution is -2.01. The summed E-state index contributed by atoms with van der Waals surface area (Å²) in [5.74, 6) is -2.72. The van der Waals surface area contributed by atoms with Crippen molar-refractivity contribution in [2.75, 3.05) is 14.2 Å². The monoisotopic (exact) mass is 512 g/mol. The molecule has 4 rings (SSSR count). The van der Waals surface area contributed by atoms with Crippen molar-refractivity contribution in [1.29, 1.82) is 0 Å². The third-order valence-electron chi connectivity index (χ3n) is 5.50. The molecule has 0 heterocycles. The fraction of sp³-hybridized carbons (Fsp3) is 0.0667. The quantitative estimate of drug-likeness (QED) is 0.316. The molecule has 0 saturated heterocycles. The van der Waals surface area contributed by atoms with Crippen molar-refractivity contribution in [3.63, 3.8) is 0 Å². The Morgan fingerprint density at radius 3 is 1.32 bits per heavy atom. The maximum Gasteiger partial charge on any atom is 0.337 e. The average Bonchev–Trinajstić information content (AvgIpc) is 2.97. The zero-order chi connectivity index (χ0) is 27.7. The molecule has 0 aromatic heterocycles. The molecule has 2 N–H and O–H groups in total. The van der Waals surface area contributed by atoms with Gasteiger partial charge in [0.15, 0.2) is 0 Å². The van der Waals surface area contributed by atoms with Crippen LogP contribution in [0.1, 0.15) is 41.4 Å². The SMILES string of the molecule is COC(=O)c1ccc(-c2cccc(C(=O)OC)c2)cc1.O=C(O)c1ccc(-c2cccc(C(=O)O)c2)cc1. The van der Waals surface area contributed by atoms with Crippen LogP contribution < -0.4 is 0 Å². The van der Waals surface area contributed by atoms with E-state index in [1.165, 1.54) is 32.4 Å². The topological polar surface area (TPSA) is 127 Å². The number of hydrogen-bond acceptors (Lipinski definition) is 6. The third kappa shape index (κ3) is 6.92. The van der Waals surface area contributed by atoms with Gasteiger partial charge in [0.2, 0.25) is 0 Å². The van der Waals surface area contributed by atoms with E-state index in [2.05, 4.69) is 4.74 Å². The average molecular weight is 513 g/mol. The number of aromatic carboxylic acids is 2. The van der Waals surface area contributed by atoms with E-state index < -0.39 is 11.9 Å². The second-order valence-corrected chi connectivity index (χ2v) is 7.91. The van der Waals surface area contributed by atoms with E-state index in [0.717, 1.165) is 22.3 Å². The Labute approximate surface area is 218 Å². The second-order valence-electron chi connectivity index (χ2n) is 7.91. The highest BCUT2D eigenvalue weighted by Gasteiger charge is 2.09. The molecule has 0 aliphatic heterocycles. The summed E-state index contributed by atoms with van der Waals surface area (Å²) in [5, 5.41) is 17.7. The normalized spacial score (nSPS) is 9.95. The zero-order valence-corrected chi connectivity index (χ0v) is 20.6. The molecule has 0 bridgehead atoms. The lowest BCUT2D eigenvalue weighted by molar-refractivity contribution is 0.0592. The van der Waals surface area contributed by atoms with Crippen molar-refractivity contribution < 1.29 is 38.9 Å². The summed E-state index contributed by atoms with van der Waals surface area (Å²) in [6.45, 7) is 0. The van der Waals surface area contributed by atoms with Crippen molar-refractivity contribution in [3.05, 3.63) is 119 Å². The second kappa shape index (κ2) is 12.6. The highest BCUT2D eigenvalue weighted by atomic mass is 16.5. The number of carboxylic acid groups (broad SMARTS) is 2. The molecular weight excluding hydrogens is 488 g/mol. The minimum Gasteiger partial charge on any atom is -0.478 e. The molecule has 4 aromatic rings. The number of carbonyl (C=O) groups excluding carboxylic acids is 2. The molecule has 0 unspecified atom stereocenters. The molecule has 38 heavy (non-hydrogen) atoms. The largest absolute Gasteiger partial charge is 0.478 e. The first kappa shape index (κ1) is 27.3. The van der Waals surface area contributed by atoms with Gasteiger partial charge in [-0.2, -0.15) is 0 Å². The van der Waals surface area contributed by atoms with Gasteiger partial charge in [0.25, 0.3) is 0 Å². The molecule has 0 radical (unpaired) electrons. The number of benzene rings is 4. The van der Waals surface area contributed by atoms with Crippen molar-refractivity contribution in [3.8, 4) is 22.3 Å². The van der Waals surface area contributed by atoms with E-state index >= 15 is 0 Å². The molecule has 0 fully saturated rings. The van der Waals surface area contributed by atoms with Crippen LogP contribution in [0.5, 0.6) is 0 Å². The van der Waals surface area contributed by atoms with Crippen molar-refractivity contribution in [2.45, 2.75) is 0 Å². The van der Waals surface area contributed by atoms with Gasteiger partial charge in [0.1, 0.15) is 0 Å². The summed E-state index contributed by atoms with van der Waals surface area (Å²) < 4.78 is 9.34. The molecule has 0 aliphatic rings. The van der Waals surface area contributed by atoms with E-state index in [4.69, 9.17) is 14.9 Å². The molecule has 0 aliphatic carbocycles. The van der Waals surface area contributed by atoms with Gasteiger partial charge in [-0.1, -0.05) is 48.5 Å². The zero-order valence-electron chi connectivity index (χ0n) is 20.6. The third-order valence-corrected chi connectivity index (χ3v) is 5.50. The summed E-state index contributed by atoms with van der Waals surface area (Å²) in [5.41, 5.74) is 4.69. The summed E-state index contributed by atoms with van der Waals surface area (Å²) in [6.07, 6.45) is 0. The van der Waals surface area contributed by atoms with Crippen LogP contribution in [0.2, 0.25) is 0 Å². The number of ether oxygens (including phenoxy) is 2. The molecule has 192 valence electrons. The Hall–Kier alpha value is -5.24. The standard InChI is InChI=1S/C16H14O4.C14H10O4/c1-19-15(17)12-8-6-11(7-9-12)13-4-3-5-14(10-13)16(18)20-2;15-13(16)10-6-4-9(5-7-10)11-2-1-3-12(8-11)14(17)18/h3-10H,1-2H3;1-8H,(H,15,16)(H,17,18). The molecule has 0 saturated carbocycles. The molecule has 8 heteroatoms. The number of hydrogen-bond donors (Lipinski definition) is 2. The van der Waals surface area contributed by atoms with Gasteiger partial charge >= 0.3 is 23.9 Å². The minimum atomic E-state index is -0.987. The number of esters is 2. The van der Waals surface area contributed by atoms with Crippen LogP contribution in [-0.2, 0) is 9.47 Å². The van der Waals surface area contributed by atoms with Crippen LogP contribution in [0.4, 0.5) is 0 Å². The molecule has 0 spiro atoms. The lowest BCUT2D eigenvalue weighted by atomic mass is 10.0. The molecule has 0 amide bonds. The van der Waals surface area contributed by atoms with Gasteiger partial charge < -0.3 is 19.7 Å². The first-order valence-electron chi connectivity index (χ1n) is 11.3. The summed E-state index contributed by atoms with van der Waals surface area (Å²) >= 11 is 0. The van der Waals surface area contributed by atoms with Crippen LogP contribution in [0, 0.1) is 0 Å². The highest BCUT2D eigenvalue weighted by Crippen LogP contribution is 2.22. The predicted molar refractivity (Wildman–Crippen MR) is 140 cm³/mol. The fourth-order valence-corrected chi connectivity index (χ4v) is 3.50. The van der Waals surface area contributed by atoms with Crippen molar-refractivity contribution in [2.24, 2.45) is 0 Å². The Morgan fingerprint density at radius 2 is 0.868 bits per heavy atom. The Kier molecular flexibility index (Phi) is 9.10. The van der Waals surface area contributed by atoms with Crippen LogP contribution >= 0.6 is 0 Å². The predicted octanol–water partition coefficient (Wildman–Crippen LogP) is 5.68. The number of carbonyl (C=O) groups is 4. The summed E-state index contributed by atoms with van der Waals surface area (Å²) in [7, 11) is 2.69. The fourth-order valence-electron chi connectivity index (χ4n) is 3.50. The van der Waals surface area contributed by atoms with Crippen LogP contribution in [0.3, 0.4) is 0 Å². The van der Waals surface area contributed by atoms with Crippen molar-refractivity contribution in [1.82, 2.24) is 0 Å². The van der Waals surface area contributed by atoms with Gasteiger partial charge in [-0.25, -0.2) is 19.2 Å².